The molecular weight excluding hydrogens is 418 g/mol. The Bertz CT molecular complexity index is 877. The highest BCUT2D eigenvalue weighted by Gasteiger charge is 2.34. The third kappa shape index (κ3) is 3.68. The van der Waals surface area contributed by atoms with E-state index in [2.05, 4.69) is 26.0 Å². The van der Waals surface area contributed by atoms with Gasteiger partial charge in [0.1, 0.15) is 0 Å². The van der Waals surface area contributed by atoms with E-state index < -0.39 is 6.23 Å². The summed E-state index contributed by atoms with van der Waals surface area (Å²) in [6.45, 7) is 1.42. The van der Waals surface area contributed by atoms with Gasteiger partial charge in [-0.1, -0.05) is 0 Å². The molecule has 0 saturated heterocycles. The van der Waals surface area contributed by atoms with E-state index in [0.717, 1.165) is 4.47 Å². The number of halogens is 1. The second kappa shape index (κ2) is 7.83. The van der Waals surface area contributed by atoms with E-state index in [1.165, 1.54) is 33.3 Å². The largest absolute Gasteiger partial charge is 0.493 e. The number of hydrogen-bond donors (Lipinski definition) is 0. The lowest BCUT2D eigenvalue weighted by atomic mass is 10.1. The summed E-state index contributed by atoms with van der Waals surface area (Å²) < 4.78 is 22.8. The molecule has 0 unspecified atom stereocenters. The number of hydrogen-bond acceptors (Lipinski definition) is 7. The molecule has 1 aliphatic rings. The van der Waals surface area contributed by atoms with Crippen LogP contribution in [0.15, 0.2) is 40.2 Å². The molecule has 8 nitrogen and oxygen atoms in total. The van der Waals surface area contributed by atoms with E-state index in [-0.39, 0.29) is 11.8 Å². The van der Waals surface area contributed by atoms with Crippen LogP contribution in [0.25, 0.3) is 0 Å². The number of rotatable bonds is 5. The van der Waals surface area contributed by atoms with E-state index in [1.807, 2.05) is 6.07 Å². The Morgan fingerprint density at radius 2 is 1.78 bits per heavy atom. The van der Waals surface area contributed by atoms with Crippen LogP contribution >= 0.6 is 15.9 Å². The van der Waals surface area contributed by atoms with Crippen molar-refractivity contribution in [2.45, 2.75) is 13.2 Å². The molecule has 1 amide bonds. The average Bonchev–Trinajstić information content (AvgIpc) is 3.12. The molecule has 1 aromatic heterocycles. The van der Waals surface area contributed by atoms with Gasteiger partial charge >= 0.3 is 0 Å². The number of hydrazone groups is 1. The highest BCUT2D eigenvalue weighted by molar-refractivity contribution is 9.10. The maximum atomic E-state index is 12.1. The van der Waals surface area contributed by atoms with Crippen molar-refractivity contribution in [3.8, 4) is 17.2 Å². The fourth-order valence-electron chi connectivity index (χ4n) is 2.67. The van der Waals surface area contributed by atoms with Crippen LogP contribution < -0.4 is 14.2 Å². The summed E-state index contributed by atoms with van der Waals surface area (Å²) >= 11 is 3.37. The predicted molar refractivity (Wildman–Crippen MR) is 101 cm³/mol. The van der Waals surface area contributed by atoms with Crippen LogP contribution in [0.4, 0.5) is 0 Å². The molecule has 0 radical (unpaired) electrons. The van der Waals surface area contributed by atoms with Gasteiger partial charge in [0.05, 0.1) is 21.3 Å². The first-order valence-electron chi connectivity index (χ1n) is 7.94. The number of nitrogens with zero attached hydrogens (tertiary/aromatic N) is 3. The van der Waals surface area contributed by atoms with Gasteiger partial charge in [0.25, 0.3) is 0 Å². The van der Waals surface area contributed by atoms with Gasteiger partial charge in [-0.15, -0.1) is 5.10 Å². The minimum atomic E-state index is -0.721. The first-order valence-corrected chi connectivity index (χ1v) is 8.73. The molecule has 27 heavy (non-hydrogen) atoms. The Balaban J connectivity index is 2.02. The lowest BCUT2D eigenvalue weighted by Gasteiger charge is -2.19. The molecule has 0 aliphatic carbocycles. The van der Waals surface area contributed by atoms with Gasteiger partial charge < -0.3 is 18.9 Å². The Labute approximate surface area is 164 Å². The van der Waals surface area contributed by atoms with Gasteiger partial charge in [0.15, 0.2) is 11.5 Å². The zero-order valence-electron chi connectivity index (χ0n) is 15.2. The zero-order valence-corrected chi connectivity index (χ0v) is 16.8. The van der Waals surface area contributed by atoms with Crippen molar-refractivity contribution in [3.63, 3.8) is 0 Å². The minimum Gasteiger partial charge on any atom is -0.493 e. The lowest BCUT2D eigenvalue weighted by molar-refractivity contribution is -0.135. The highest BCUT2D eigenvalue weighted by Crippen LogP contribution is 2.40. The Morgan fingerprint density at radius 1 is 1.11 bits per heavy atom. The minimum absolute atomic E-state index is 0.259. The van der Waals surface area contributed by atoms with Gasteiger partial charge in [-0.05, 0) is 34.1 Å². The number of amides is 1. The normalized spacial score (nSPS) is 15.8. The second-order valence-corrected chi connectivity index (χ2v) is 6.51. The summed E-state index contributed by atoms with van der Waals surface area (Å²) in [5.41, 5.74) is 1.27. The molecular formula is C18H18BrN3O5. The number of methoxy groups -OCH3 is 3. The molecule has 1 aliphatic heterocycles. The van der Waals surface area contributed by atoms with Crippen molar-refractivity contribution in [1.29, 1.82) is 0 Å². The van der Waals surface area contributed by atoms with E-state index in [4.69, 9.17) is 18.9 Å². The standard InChI is InChI=1S/C18H18BrN3O5/c1-10(23)22-18(12-5-13(19)9-20-8-12)27-17(21-22)11-6-14(24-2)16(26-4)15(7-11)25-3/h5-9,18H,1-4H3/t18-/m1/s1. The Morgan fingerprint density at radius 3 is 2.30 bits per heavy atom. The molecule has 0 bridgehead atoms. The molecule has 3 rings (SSSR count). The first kappa shape index (κ1) is 19.0. The van der Waals surface area contributed by atoms with Crippen LogP contribution in [-0.2, 0) is 9.53 Å². The fourth-order valence-corrected chi connectivity index (χ4v) is 3.05. The maximum Gasteiger partial charge on any atom is 0.243 e. The van der Waals surface area contributed by atoms with Crippen LogP contribution in [0, 0.1) is 0 Å². The molecule has 9 heteroatoms. The fraction of sp³-hybridized carbons (Fsp3) is 0.278. The molecule has 2 aromatic rings. The van der Waals surface area contributed by atoms with E-state index >= 15 is 0 Å². The van der Waals surface area contributed by atoms with Crippen LogP contribution in [0.2, 0.25) is 0 Å². The summed E-state index contributed by atoms with van der Waals surface area (Å²) in [6, 6.07) is 5.24. The van der Waals surface area contributed by atoms with Crippen molar-refractivity contribution in [2.75, 3.05) is 21.3 Å². The highest BCUT2D eigenvalue weighted by atomic mass is 79.9. The number of carbonyl (C=O) groups excluding carboxylic acids is 1. The number of ether oxygens (including phenoxy) is 4. The summed E-state index contributed by atoms with van der Waals surface area (Å²) in [6.07, 6.45) is 2.55. The van der Waals surface area contributed by atoms with E-state index in [0.29, 0.717) is 28.4 Å². The molecule has 0 spiro atoms. The van der Waals surface area contributed by atoms with Crippen molar-refractivity contribution in [2.24, 2.45) is 5.10 Å². The van der Waals surface area contributed by atoms with Crippen LogP contribution in [-0.4, -0.2) is 43.1 Å². The summed E-state index contributed by atoms with van der Waals surface area (Å²) in [5.74, 6) is 1.37. The summed E-state index contributed by atoms with van der Waals surface area (Å²) in [7, 11) is 4.57. The molecule has 0 fully saturated rings. The lowest BCUT2D eigenvalue weighted by Crippen LogP contribution is -2.25. The summed E-state index contributed by atoms with van der Waals surface area (Å²) in [5, 5.41) is 5.60. The molecule has 142 valence electrons. The van der Waals surface area contributed by atoms with Gasteiger partial charge in [-0.25, -0.2) is 0 Å². The maximum absolute atomic E-state index is 12.1. The van der Waals surface area contributed by atoms with Gasteiger partial charge in [0.2, 0.25) is 23.8 Å². The van der Waals surface area contributed by atoms with Gasteiger partial charge in [-0.3, -0.25) is 9.78 Å². The number of pyridine rings is 1. The molecule has 1 aromatic carbocycles. The van der Waals surface area contributed by atoms with Gasteiger partial charge in [-0.2, -0.15) is 5.01 Å². The number of carbonyl (C=O) groups is 1. The van der Waals surface area contributed by atoms with E-state index in [9.17, 15) is 4.79 Å². The van der Waals surface area contributed by atoms with Crippen LogP contribution in [0.5, 0.6) is 17.2 Å². The molecule has 0 N–H and O–H groups in total. The number of benzene rings is 1. The SMILES string of the molecule is COc1cc(C2=NN(C(C)=O)[C@@H](c3cncc(Br)c3)O2)cc(OC)c1OC. The Kier molecular flexibility index (Phi) is 5.50. The van der Waals surface area contributed by atoms with Crippen molar-refractivity contribution >= 4 is 27.7 Å². The zero-order chi connectivity index (χ0) is 19.6. The van der Waals surface area contributed by atoms with E-state index in [1.54, 1.807) is 24.5 Å². The van der Waals surface area contributed by atoms with Crippen LogP contribution in [0.1, 0.15) is 24.3 Å². The van der Waals surface area contributed by atoms with Crippen molar-refractivity contribution in [3.05, 3.63) is 46.2 Å². The molecule has 0 saturated carbocycles. The average molecular weight is 436 g/mol. The second-order valence-electron chi connectivity index (χ2n) is 5.59. The third-order valence-corrected chi connectivity index (χ3v) is 4.32. The first-order chi connectivity index (χ1) is 13.0. The van der Waals surface area contributed by atoms with Crippen LogP contribution in [0.3, 0.4) is 0 Å². The topological polar surface area (TPSA) is 82.5 Å². The smallest absolute Gasteiger partial charge is 0.243 e. The third-order valence-electron chi connectivity index (χ3n) is 3.89. The number of aromatic nitrogens is 1. The Hall–Kier alpha value is -2.81. The van der Waals surface area contributed by atoms with Crippen molar-refractivity contribution < 1.29 is 23.7 Å². The predicted octanol–water partition coefficient (Wildman–Crippen LogP) is 3.11. The summed E-state index contributed by atoms with van der Waals surface area (Å²) in [4.78, 5) is 16.2. The monoisotopic (exact) mass is 435 g/mol. The van der Waals surface area contributed by atoms with Crippen molar-refractivity contribution in [1.82, 2.24) is 9.99 Å². The van der Waals surface area contributed by atoms with Gasteiger partial charge in [0, 0.05) is 34.9 Å². The molecule has 2 heterocycles. The quantitative estimate of drug-likeness (QED) is 0.717. The molecule has 1 atom stereocenters.